The summed E-state index contributed by atoms with van der Waals surface area (Å²) < 4.78 is 30.5. The number of ether oxygens (including phenoxy) is 1. The Bertz CT molecular complexity index is 1270. The van der Waals surface area contributed by atoms with Crippen molar-refractivity contribution in [2.75, 3.05) is 24.6 Å². The minimum absolute atomic E-state index is 0.00508. The quantitative estimate of drug-likeness (QED) is 0.432. The molecule has 1 aromatic heterocycles. The predicted octanol–water partition coefficient (Wildman–Crippen LogP) is 3.74. The molecule has 0 aliphatic carbocycles. The molecular formula is C26H31N5O4S. The van der Waals surface area contributed by atoms with Crippen LogP contribution >= 0.6 is 0 Å². The van der Waals surface area contributed by atoms with E-state index in [9.17, 15) is 13.2 Å². The number of hydrogen-bond donors (Lipinski definition) is 0. The van der Waals surface area contributed by atoms with Gasteiger partial charge in [-0.1, -0.05) is 66.7 Å². The topological polar surface area (TPSA) is 107 Å². The monoisotopic (exact) mass is 509 g/mol. The zero-order valence-corrected chi connectivity index (χ0v) is 21.2. The van der Waals surface area contributed by atoms with Gasteiger partial charge in [0.2, 0.25) is 5.82 Å². The van der Waals surface area contributed by atoms with E-state index in [-0.39, 0.29) is 24.2 Å². The Balaban J connectivity index is 1.16. The molecule has 1 fully saturated rings. The van der Waals surface area contributed by atoms with Gasteiger partial charge in [-0.15, -0.1) is 10.2 Å². The molecule has 2 aromatic carbocycles. The SMILES string of the molecule is Cn1nnc(-c2ccc(C=CCS(=O)(=O)CCC3CCN(C(=O)OCc4ccccc4)CC3)cc2)n1. The van der Waals surface area contributed by atoms with Gasteiger partial charge < -0.3 is 9.64 Å². The Labute approximate surface area is 211 Å². The number of aryl methyl sites for hydroxylation is 1. The van der Waals surface area contributed by atoms with Crippen molar-refractivity contribution in [3.05, 3.63) is 71.8 Å². The van der Waals surface area contributed by atoms with Crippen LogP contribution in [0.1, 0.15) is 30.4 Å². The molecule has 1 saturated heterocycles. The molecule has 1 aliphatic rings. The molecule has 36 heavy (non-hydrogen) atoms. The summed E-state index contributed by atoms with van der Waals surface area (Å²) in [7, 11) is -1.48. The van der Waals surface area contributed by atoms with Crippen LogP contribution in [0.5, 0.6) is 0 Å². The number of sulfone groups is 1. The highest BCUT2D eigenvalue weighted by Crippen LogP contribution is 2.22. The number of carbonyl (C=O) groups excluding carboxylic acids is 1. The molecule has 0 N–H and O–H groups in total. The molecular weight excluding hydrogens is 478 g/mol. The number of rotatable bonds is 9. The first-order chi connectivity index (χ1) is 17.4. The highest BCUT2D eigenvalue weighted by molar-refractivity contribution is 7.91. The number of tetrazole rings is 1. The van der Waals surface area contributed by atoms with E-state index in [1.54, 1.807) is 18.0 Å². The van der Waals surface area contributed by atoms with Gasteiger partial charge in [-0.25, -0.2) is 13.2 Å². The first-order valence-electron chi connectivity index (χ1n) is 12.0. The van der Waals surface area contributed by atoms with Gasteiger partial charge in [0, 0.05) is 18.7 Å². The Hall–Kier alpha value is -3.53. The van der Waals surface area contributed by atoms with Gasteiger partial charge >= 0.3 is 6.09 Å². The number of likely N-dealkylation sites (tertiary alicyclic amines) is 1. The van der Waals surface area contributed by atoms with Crippen LogP contribution in [0.4, 0.5) is 4.79 Å². The van der Waals surface area contributed by atoms with Crippen LogP contribution < -0.4 is 0 Å². The van der Waals surface area contributed by atoms with E-state index in [2.05, 4.69) is 15.4 Å². The molecule has 0 atom stereocenters. The van der Waals surface area contributed by atoms with Crippen molar-refractivity contribution in [1.29, 1.82) is 0 Å². The van der Waals surface area contributed by atoms with Crippen LogP contribution in [-0.2, 0) is 28.2 Å². The molecule has 0 unspecified atom stereocenters. The maximum absolute atomic E-state index is 12.5. The first kappa shape index (κ1) is 25.6. The average molecular weight is 510 g/mol. The van der Waals surface area contributed by atoms with Crippen molar-refractivity contribution < 1.29 is 17.9 Å². The van der Waals surface area contributed by atoms with Crippen molar-refractivity contribution in [3.63, 3.8) is 0 Å². The summed E-state index contributed by atoms with van der Waals surface area (Å²) >= 11 is 0. The normalized spacial score (nSPS) is 14.9. The summed E-state index contributed by atoms with van der Waals surface area (Å²) in [5, 5.41) is 12.0. The zero-order chi connectivity index (χ0) is 25.4. The van der Waals surface area contributed by atoms with E-state index in [0.717, 1.165) is 29.5 Å². The molecule has 2 heterocycles. The van der Waals surface area contributed by atoms with Gasteiger partial charge in [-0.05, 0) is 41.5 Å². The summed E-state index contributed by atoms with van der Waals surface area (Å²) in [6, 6.07) is 17.1. The van der Waals surface area contributed by atoms with Crippen molar-refractivity contribution in [2.24, 2.45) is 13.0 Å². The van der Waals surface area contributed by atoms with Crippen molar-refractivity contribution in [3.8, 4) is 11.4 Å². The molecule has 190 valence electrons. The van der Waals surface area contributed by atoms with Crippen molar-refractivity contribution >= 4 is 22.0 Å². The van der Waals surface area contributed by atoms with Crippen LogP contribution in [0.15, 0.2) is 60.7 Å². The Morgan fingerprint density at radius 1 is 1.08 bits per heavy atom. The third-order valence-corrected chi connectivity index (χ3v) is 7.81. The van der Waals surface area contributed by atoms with Crippen LogP contribution in [-0.4, -0.2) is 64.2 Å². The smallest absolute Gasteiger partial charge is 0.410 e. The number of aromatic nitrogens is 4. The van der Waals surface area contributed by atoms with Crippen LogP contribution in [0, 0.1) is 5.92 Å². The molecule has 3 aromatic rings. The lowest BCUT2D eigenvalue weighted by Crippen LogP contribution is -2.39. The lowest BCUT2D eigenvalue weighted by Gasteiger charge is -2.31. The maximum Gasteiger partial charge on any atom is 0.410 e. The highest BCUT2D eigenvalue weighted by atomic mass is 32.2. The van der Waals surface area contributed by atoms with Gasteiger partial charge in [0.05, 0.1) is 18.6 Å². The zero-order valence-electron chi connectivity index (χ0n) is 20.4. The third-order valence-electron chi connectivity index (χ3n) is 6.25. The summed E-state index contributed by atoms with van der Waals surface area (Å²) in [4.78, 5) is 15.4. The molecule has 0 spiro atoms. The number of nitrogens with zero attached hydrogens (tertiary/aromatic N) is 5. The number of carbonyl (C=O) groups is 1. The van der Waals surface area contributed by atoms with E-state index < -0.39 is 9.84 Å². The molecule has 0 radical (unpaired) electrons. The van der Waals surface area contributed by atoms with Gasteiger partial charge in [0.25, 0.3) is 0 Å². The predicted molar refractivity (Wildman–Crippen MR) is 137 cm³/mol. The minimum Gasteiger partial charge on any atom is -0.445 e. The molecule has 0 saturated carbocycles. The second-order valence-corrected chi connectivity index (χ2v) is 11.2. The summed E-state index contributed by atoms with van der Waals surface area (Å²) in [6.07, 6.45) is 5.39. The number of piperidine rings is 1. The third kappa shape index (κ3) is 7.48. The van der Waals surface area contributed by atoms with E-state index in [1.807, 2.05) is 60.7 Å². The minimum atomic E-state index is -3.19. The Morgan fingerprint density at radius 3 is 2.47 bits per heavy atom. The van der Waals surface area contributed by atoms with Crippen LogP contribution in [0.25, 0.3) is 17.5 Å². The standard InChI is InChI=1S/C26H31N5O4S/c1-30-28-25(27-29-30)24-11-9-21(10-12-24)8-5-18-36(33,34)19-15-22-13-16-31(17-14-22)26(32)35-20-23-6-3-2-4-7-23/h2-12,22H,13-20H2,1H3. The highest BCUT2D eigenvalue weighted by Gasteiger charge is 2.25. The summed E-state index contributed by atoms with van der Waals surface area (Å²) in [5.74, 6) is 0.998. The fourth-order valence-electron chi connectivity index (χ4n) is 4.12. The average Bonchev–Trinajstić information content (AvgIpc) is 3.33. The molecule has 4 rings (SSSR count). The maximum atomic E-state index is 12.5. The van der Waals surface area contributed by atoms with Gasteiger partial charge in [0.15, 0.2) is 9.84 Å². The van der Waals surface area contributed by atoms with Crippen LogP contribution in [0.3, 0.4) is 0 Å². The molecule has 10 heteroatoms. The number of benzene rings is 2. The van der Waals surface area contributed by atoms with Crippen molar-refractivity contribution in [2.45, 2.75) is 25.9 Å². The van der Waals surface area contributed by atoms with Crippen LogP contribution in [0.2, 0.25) is 0 Å². The first-order valence-corrected chi connectivity index (χ1v) is 13.9. The molecule has 1 aliphatic heterocycles. The lowest BCUT2D eigenvalue weighted by molar-refractivity contribution is 0.0820. The molecule has 0 bridgehead atoms. The van der Waals surface area contributed by atoms with Gasteiger partial charge in [-0.3, -0.25) is 0 Å². The molecule has 9 nitrogen and oxygen atoms in total. The number of amides is 1. The fourth-order valence-corrected chi connectivity index (χ4v) is 5.37. The second kappa shape index (κ2) is 11.9. The Kier molecular flexibility index (Phi) is 8.48. The number of hydrogen-bond acceptors (Lipinski definition) is 7. The van der Waals surface area contributed by atoms with E-state index in [1.165, 1.54) is 4.80 Å². The fraction of sp³-hybridized carbons (Fsp3) is 0.385. The second-order valence-electron chi connectivity index (χ2n) is 9.00. The van der Waals surface area contributed by atoms with E-state index >= 15 is 0 Å². The van der Waals surface area contributed by atoms with E-state index in [0.29, 0.717) is 31.3 Å². The molecule has 1 amide bonds. The van der Waals surface area contributed by atoms with Gasteiger partial charge in [-0.2, -0.15) is 4.80 Å². The largest absolute Gasteiger partial charge is 0.445 e. The lowest BCUT2D eigenvalue weighted by atomic mass is 9.95. The van der Waals surface area contributed by atoms with E-state index in [4.69, 9.17) is 4.74 Å². The summed E-state index contributed by atoms with van der Waals surface area (Å²) in [6.45, 7) is 1.45. The Morgan fingerprint density at radius 2 is 1.81 bits per heavy atom. The van der Waals surface area contributed by atoms with Gasteiger partial charge in [0.1, 0.15) is 6.61 Å². The summed E-state index contributed by atoms with van der Waals surface area (Å²) in [5.41, 5.74) is 2.71. The van der Waals surface area contributed by atoms with Crippen molar-refractivity contribution in [1.82, 2.24) is 25.1 Å².